The fourth-order valence-corrected chi connectivity index (χ4v) is 4.44. The SMILES string of the molecule is COc1ccc(OCC(=O)N2CCN(C3NN=C(c4ccccc4)c4ccccc43)CC2)cc1. The van der Waals surface area contributed by atoms with Gasteiger partial charge in [0, 0.05) is 37.3 Å². The maximum atomic E-state index is 12.7. The van der Waals surface area contributed by atoms with Gasteiger partial charge in [0.2, 0.25) is 0 Å². The van der Waals surface area contributed by atoms with Crippen molar-refractivity contribution in [2.45, 2.75) is 6.17 Å². The van der Waals surface area contributed by atoms with E-state index in [-0.39, 0.29) is 18.7 Å². The fourth-order valence-electron chi connectivity index (χ4n) is 4.44. The van der Waals surface area contributed by atoms with Gasteiger partial charge in [-0.2, -0.15) is 5.10 Å². The third-order valence-electron chi connectivity index (χ3n) is 6.31. The van der Waals surface area contributed by atoms with Gasteiger partial charge in [-0.25, -0.2) is 0 Å². The van der Waals surface area contributed by atoms with Crippen molar-refractivity contribution in [3.8, 4) is 11.5 Å². The molecule has 0 aromatic heterocycles. The summed E-state index contributed by atoms with van der Waals surface area (Å²) in [6, 6.07) is 25.9. The first-order valence-corrected chi connectivity index (χ1v) is 11.5. The van der Waals surface area contributed by atoms with E-state index in [9.17, 15) is 4.79 Å². The summed E-state index contributed by atoms with van der Waals surface area (Å²) in [5.74, 6) is 1.41. The van der Waals surface area contributed by atoms with Crippen LogP contribution in [0.3, 0.4) is 0 Å². The number of hydrazone groups is 1. The molecule has 3 aromatic rings. The number of amides is 1. The van der Waals surface area contributed by atoms with Crippen LogP contribution in [-0.4, -0.2) is 61.3 Å². The molecule has 2 heterocycles. The highest BCUT2D eigenvalue weighted by Crippen LogP contribution is 2.29. The van der Waals surface area contributed by atoms with Crippen molar-refractivity contribution in [3.63, 3.8) is 0 Å². The molecule has 1 saturated heterocycles. The largest absolute Gasteiger partial charge is 0.497 e. The average molecular weight is 457 g/mol. The highest BCUT2D eigenvalue weighted by molar-refractivity contribution is 6.14. The Morgan fingerprint density at radius 2 is 1.59 bits per heavy atom. The summed E-state index contributed by atoms with van der Waals surface area (Å²) in [6.07, 6.45) is -0.0172. The van der Waals surface area contributed by atoms with Crippen molar-refractivity contribution < 1.29 is 14.3 Å². The molecule has 7 nitrogen and oxygen atoms in total. The van der Waals surface area contributed by atoms with Crippen molar-refractivity contribution in [3.05, 3.63) is 95.6 Å². The maximum Gasteiger partial charge on any atom is 0.260 e. The van der Waals surface area contributed by atoms with E-state index in [1.807, 2.05) is 35.2 Å². The zero-order chi connectivity index (χ0) is 23.3. The van der Waals surface area contributed by atoms with E-state index < -0.39 is 0 Å². The Labute approximate surface area is 199 Å². The summed E-state index contributed by atoms with van der Waals surface area (Å²) in [4.78, 5) is 16.9. The topological polar surface area (TPSA) is 66.4 Å². The minimum absolute atomic E-state index is 0.00291. The quantitative estimate of drug-likeness (QED) is 0.617. The number of rotatable bonds is 6. The Morgan fingerprint density at radius 3 is 2.32 bits per heavy atom. The van der Waals surface area contributed by atoms with Crippen molar-refractivity contribution in [2.75, 3.05) is 39.9 Å². The second-order valence-corrected chi connectivity index (χ2v) is 8.33. The van der Waals surface area contributed by atoms with Gasteiger partial charge in [-0.05, 0) is 29.8 Å². The number of hydrogen-bond acceptors (Lipinski definition) is 6. The van der Waals surface area contributed by atoms with Gasteiger partial charge in [0.1, 0.15) is 17.7 Å². The van der Waals surface area contributed by atoms with Gasteiger partial charge in [-0.15, -0.1) is 0 Å². The number of carbonyl (C=O) groups is 1. The number of methoxy groups -OCH3 is 1. The number of nitrogens with one attached hydrogen (secondary N) is 1. The van der Waals surface area contributed by atoms with Crippen molar-refractivity contribution in [2.24, 2.45) is 5.10 Å². The zero-order valence-electron chi connectivity index (χ0n) is 19.2. The van der Waals surface area contributed by atoms with Crippen molar-refractivity contribution >= 4 is 11.6 Å². The van der Waals surface area contributed by atoms with Crippen LogP contribution in [0.4, 0.5) is 0 Å². The molecule has 174 valence electrons. The van der Waals surface area contributed by atoms with Gasteiger partial charge in [0.05, 0.1) is 12.8 Å². The third-order valence-corrected chi connectivity index (χ3v) is 6.31. The lowest BCUT2D eigenvalue weighted by atomic mass is 9.94. The number of fused-ring (bicyclic) bond motifs is 1. The number of hydrogen-bond donors (Lipinski definition) is 1. The van der Waals surface area contributed by atoms with Crippen molar-refractivity contribution in [1.82, 2.24) is 15.2 Å². The lowest BCUT2D eigenvalue weighted by Gasteiger charge is -2.40. The van der Waals surface area contributed by atoms with Crippen LogP contribution in [0.5, 0.6) is 11.5 Å². The highest BCUT2D eigenvalue weighted by atomic mass is 16.5. The molecule has 1 unspecified atom stereocenters. The van der Waals surface area contributed by atoms with Crippen LogP contribution in [0.1, 0.15) is 22.9 Å². The van der Waals surface area contributed by atoms with E-state index in [1.54, 1.807) is 19.2 Å². The third kappa shape index (κ3) is 4.61. The molecule has 2 aliphatic rings. The summed E-state index contributed by atoms with van der Waals surface area (Å²) >= 11 is 0. The second kappa shape index (κ2) is 9.97. The lowest BCUT2D eigenvalue weighted by molar-refractivity contribution is -0.135. The van der Waals surface area contributed by atoms with E-state index in [2.05, 4.69) is 46.7 Å². The molecule has 0 aliphatic carbocycles. The molecule has 1 amide bonds. The molecule has 5 rings (SSSR count). The number of nitrogens with zero attached hydrogens (tertiary/aromatic N) is 3. The first kappa shape index (κ1) is 22.0. The Kier molecular flexibility index (Phi) is 6.44. The molecule has 2 aliphatic heterocycles. The van der Waals surface area contributed by atoms with E-state index in [1.165, 1.54) is 5.56 Å². The minimum Gasteiger partial charge on any atom is -0.497 e. The Morgan fingerprint density at radius 1 is 0.912 bits per heavy atom. The monoisotopic (exact) mass is 456 g/mol. The molecule has 1 fully saturated rings. The predicted octanol–water partition coefficient (Wildman–Crippen LogP) is 3.27. The van der Waals surface area contributed by atoms with Crippen LogP contribution in [0, 0.1) is 0 Å². The van der Waals surface area contributed by atoms with Gasteiger partial charge in [0.25, 0.3) is 5.91 Å². The molecular weight excluding hydrogens is 428 g/mol. The highest BCUT2D eigenvalue weighted by Gasteiger charge is 2.31. The van der Waals surface area contributed by atoms with Crippen LogP contribution in [0.2, 0.25) is 0 Å². The first-order chi connectivity index (χ1) is 16.7. The van der Waals surface area contributed by atoms with Crippen LogP contribution in [-0.2, 0) is 4.79 Å². The number of carbonyl (C=O) groups excluding carboxylic acids is 1. The van der Waals surface area contributed by atoms with E-state index in [4.69, 9.17) is 14.6 Å². The standard InChI is InChI=1S/C27H28N4O3/c1-33-21-11-13-22(14-12-21)34-19-25(32)30-15-17-31(18-16-30)27-24-10-6-5-9-23(24)26(28-29-27)20-7-3-2-4-8-20/h2-14,27,29H,15-19H2,1H3. The van der Waals surface area contributed by atoms with Crippen LogP contribution < -0.4 is 14.9 Å². The van der Waals surface area contributed by atoms with E-state index in [0.29, 0.717) is 18.8 Å². The first-order valence-electron chi connectivity index (χ1n) is 11.5. The Balaban J connectivity index is 1.20. The molecule has 0 radical (unpaired) electrons. The molecule has 0 saturated carbocycles. The molecule has 0 bridgehead atoms. The summed E-state index contributed by atoms with van der Waals surface area (Å²) in [5, 5.41) is 4.74. The second-order valence-electron chi connectivity index (χ2n) is 8.33. The molecule has 3 aromatic carbocycles. The zero-order valence-corrected chi connectivity index (χ0v) is 19.2. The number of piperazine rings is 1. The summed E-state index contributed by atoms with van der Waals surface area (Å²) < 4.78 is 10.8. The van der Waals surface area contributed by atoms with Gasteiger partial charge in [-0.3, -0.25) is 15.1 Å². The van der Waals surface area contributed by atoms with E-state index in [0.717, 1.165) is 35.7 Å². The van der Waals surface area contributed by atoms with Crippen LogP contribution >= 0.6 is 0 Å². The smallest absolute Gasteiger partial charge is 0.260 e. The normalized spacial score (nSPS) is 17.9. The number of ether oxygens (including phenoxy) is 2. The Bertz CT molecular complexity index is 1160. The number of benzene rings is 3. The Hall–Kier alpha value is -3.84. The summed E-state index contributed by atoms with van der Waals surface area (Å²) in [7, 11) is 1.62. The van der Waals surface area contributed by atoms with E-state index >= 15 is 0 Å². The maximum absolute atomic E-state index is 12.7. The van der Waals surface area contributed by atoms with Gasteiger partial charge in [-0.1, -0.05) is 54.6 Å². The molecule has 1 N–H and O–H groups in total. The predicted molar refractivity (Wildman–Crippen MR) is 131 cm³/mol. The van der Waals surface area contributed by atoms with Gasteiger partial charge in [0.15, 0.2) is 6.61 Å². The molecule has 34 heavy (non-hydrogen) atoms. The molecular formula is C27H28N4O3. The fraction of sp³-hybridized carbons (Fsp3) is 0.259. The average Bonchev–Trinajstić information content (AvgIpc) is 2.92. The van der Waals surface area contributed by atoms with Crippen LogP contribution in [0.25, 0.3) is 0 Å². The summed E-state index contributed by atoms with van der Waals surface area (Å²) in [5.41, 5.74) is 7.77. The molecule has 1 atom stereocenters. The molecule has 0 spiro atoms. The summed E-state index contributed by atoms with van der Waals surface area (Å²) in [6.45, 7) is 2.86. The lowest BCUT2D eigenvalue weighted by Crippen LogP contribution is -2.53. The van der Waals surface area contributed by atoms with Gasteiger partial charge < -0.3 is 14.4 Å². The van der Waals surface area contributed by atoms with Crippen molar-refractivity contribution in [1.29, 1.82) is 0 Å². The minimum atomic E-state index is -0.0172. The molecule has 7 heteroatoms. The van der Waals surface area contributed by atoms with Crippen LogP contribution in [0.15, 0.2) is 84.0 Å². The van der Waals surface area contributed by atoms with Gasteiger partial charge >= 0.3 is 0 Å².